The highest BCUT2D eigenvalue weighted by molar-refractivity contribution is 5.85. The molecule has 1 saturated heterocycles. The van der Waals surface area contributed by atoms with Crippen molar-refractivity contribution in [2.24, 2.45) is 17.4 Å². The van der Waals surface area contributed by atoms with Gasteiger partial charge in [-0.1, -0.05) is 6.92 Å². The standard InChI is InChI=1S/C11H22N4O2.ClH/c1-8(6-12)10(16)15-5-3-2-4-9(15)7-14-11(13)17;/h8-9H,2-7,12H2,1H3,(H3,13,14,17);1H. The maximum Gasteiger partial charge on any atom is 0.312 e. The maximum absolute atomic E-state index is 12.1. The van der Waals surface area contributed by atoms with Gasteiger partial charge >= 0.3 is 6.03 Å². The number of likely N-dealkylation sites (tertiary alicyclic amines) is 1. The molecule has 1 aliphatic rings. The Labute approximate surface area is 114 Å². The molecule has 3 amide bonds. The first kappa shape index (κ1) is 17.0. The normalized spacial score (nSPS) is 20.8. The molecule has 0 aromatic heterocycles. The van der Waals surface area contributed by atoms with Crippen molar-refractivity contribution < 1.29 is 9.59 Å². The molecule has 0 radical (unpaired) electrons. The van der Waals surface area contributed by atoms with Crippen molar-refractivity contribution in [3.63, 3.8) is 0 Å². The third kappa shape index (κ3) is 4.70. The first-order chi connectivity index (χ1) is 8.06. The Morgan fingerprint density at radius 2 is 2.11 bits per heavy atom. The summed E-state index contributed by atoms with van der Waals surface area (Å²) in [5.74, 6) is -0.0901. The van der Waals surface area contributed by atoms with E-state index in [2.05, 4.69) is 5.32 Å². The fourth-order valence-electron chi connectivity index (χ4n) is 2.11. The molecule has 2 atom stereocenters. The van der Waals surface area contributed by atoms with Gasteiger partial charge in [-0.05, 0) is 19.3 Å². The van der Waals surface area contributed by atoms with Crippen molar-refractivity contribution >= 4 is 24.3 Å². The molecule has 0 spiro atoms. The predicted molar refractivity (Wildman–Crippen MR) is 72.4 cm³/mol. The minimum Gasteiger partial charge on any atom is -0.352 e. The van der Waals surface area contributed by atoms with E-state index in [4.69, 9.17) is 11.5 Å². The second-order valence-electron chi connectivity index (χ2n) is 4.56. The fourth-order valence-corrected chi connectivity index (χ4v) is 2.11. The first-order valence-corrected chi connectivity index (χ1v) is 6.10. The number of nitrogens with two attached hydrogens (primary N) is 2. The van der Waals surface area contributed by atoms with Gasteiger partial charge in [-0.3, -0.25) is 4.79 Å². The van der Waals surface area contributed by atoms with Crippen molar-refractivity contribution in [3.8, 4) is 0 Å². The summed E-state index contributed by atoms with van der Waals surface area (Å²) in [6.45, 7) is 3.35. The molecule has 0 aromatic carbocycles. The molecule has 0 bridgehead atoms. The van der Waals surface area contributed by atoms with Gasteiger partial charge in [0.1, 0.15) is 0 Å². The van der Waals surface area contributed by atoms with Gasteiger partial charge < -0.3 is 21.7 Å². The monoisotopic (exact) mass is 278 g/mol. The van der Waals surface area contributed by atoms with Gasteiger partial charge in [0.2, 0.25) is 5.91 Å². The number of halogens is 1. The van der Waals surface area contributed by atoms with Crippen LogP contribution in [0.3, 0.4) is 0 Å². The Hall–Kier alpha value is -1.01. The van der Waals surface area contributed by atoms with Crippen molar-refractivity contribution in [1.82, 2.24) is 10.2 Å². The lowest BCUT2D eigenvalue weighted by Gasteiger charge is -2.37. The molecule has 2 unspecified atom stereocenters. The van der Waals surface area contributed by atoms with Crippen molar-refractivity contribution in [2.45, 2.75) is 32.2 Å². The highest BCUT2D eigenvalue weighted by Crippen LogP contribution is 2.18. The number of carbonyl (C=O) groups excluding carboxylic acids is 2. The minimum atomic E-state index is -0.546. The summed E-state index contributed by atoms with van der Waals surface area (Å²) in [5.41, 5.74) is 10.6. The van der Waals surface area contributed by atoms with Crippen LogP contribution in [0, 0.1) is 5.92 Å². The Bertz CT molecular complexity index is 288. The lowest BCUT2D eigenvalue weighted by Crippen LogP contribution is -2.52. The summed E-state index contributed by atoms with van der Waals surface area (Å²) in [5, 5.41) is 2.57. The third-order valence-corrected chi connectivity index (χ3v) is 3.20. The van der Waals surface area contributed by atoms with E-state index in [0.717, 1.165) is 25.8 Å². The van der Waals surface area contributed by atoms with Crippen LogP contribution in [0.2, 0.25) is 0 Å². The van der Waals surface area contributed by atoms with E-state index in [-0.39, 0.29) is 30.3 Å². The number of nitrogens with zero attached hydrogens (tertiary/aromatic N) is 1. The summed E-state index contributed by atoms with van der Waals surface area (Å²) in [6.07, 6.45) is 2.99. The zero-order valence-electron chi connectivity index (χ0n) is 10.7. The Morgan fingerprint density at radius 3 is 2.67 bits per heavy atom. The first-order valence-electron chi connectivity index (χ1n) is 6.10. The SMILES string of the molecule is CC(CN)C(=O)N1CCCCC1CNC(N)=O.Cl. The summed E-state index contributed by atoms with van der Waals surface area (Å²) >= 11 is 0. The van der Waals surface area contributed by atoms with Crippen LogP contribution in [0.25, 0.3) is 0 Å². The number of piperidine rings is 1. The Kier molecular flexibility index (Phi) is 7.70. The summed E-state index contributed by atoms with van der Waals surface area (Å²) < 4.78 is 0. The molecule has 1 heterocycles. The molecule has 1 aliphatic heterocycles. The van der Waals surface area contributed by atoms with Crippen LogP contribution in [-0.2, 0) is 4.79 Å². The van der Waals surface area contributed by atoms with Gasteiger partial charge in [-0.25, -0.2) is 4.79 Å². The number of rotatable bonds is 4. The van der Waals surface area contributed by atoms with E-state index in [0.29, 0.717) is 13.1 Å². The molecule has 5 N–H and O–H groups in total. The van der Waals surface area contributed by atoms with Gasteiger partial charge in [0, 0.05) is 31.6 Å². The smallest absolute Gasteiger partial charge is 0.312 e. The minimum absolute atomic E-state index is 0. The maximum atomic E-state index is 12.1. The number of hydrogen-bond donors (Lipinski definition) is 3. The van der Waals surface area contributed by atoms with Gasteiger partial charge in [-0.15, -0.1) is 12.4 Å². The molecule has 0 saturated carbocycles. The average Bonchev–Trinajstić information content (AvgIpc) is 2.34. The number of hydrogen-bond acceptors (Lipinski definition) is 3. The van der Waals surface area contributed by atoms with Crippen LogP contribution in [-0.4, -0.2) is 42.5 Å². The van der Waals surface area contributed by atoms with E-state index in [1.165, 1.54) is 0 Å². The molecule has 7 heteroatoms. The summed E-state index contributed by atoms with van der Waals surface area (Å²) in [7, 11) is 0. The number of primary amides is 1. The molecule has 6 nitrogen and oxygen atoms in total. The second-order valence-corrected chi connectivity index (χ2v) is 4.56. The zero-order valence-corrected chi connectivity index (χ0v) is 11.5. The van der Waals surface area contributed by atoms with E-state index in [9.17, 15) is 9.59 Å². The van der Waals surface area contributed by atoms with Gasteiger partial charge in [0.05, 0.1) is 0 Å². The van der Waals surface area contributed by atoms with E-state index in [1.54, 1.807) is 0 Å². The second kappa shape index (κ2) is 8.16. The van der Waals surface area contributed by atoms with E-state index >= 15 is 0 Å². The van der Waals surface area contributed by atoms with Crippen molar-refractivity contribution in [1.29, 1.82) is 0 Å². The number of nitrogens with one attached hydrogen (secondary N) is 1. The average molecular weight is 279 g/mol. The zero-order chi connectivity index (χ0) is 12.8. The van der Waals surface area contributed by atoms with Crippen molar-refractivity contribution in [2.75, 3.05) is 19.6 Å². The summed E-state index contributed by atoms with van der Waals surface area (Å²) in [4.78, 5) is 24.6. The molecule has 0 aromatic rings. The van der Waals surface area contributed by atoms with E-state index < -0.39 is 6.03 Å². The molecule has 1 rings (SSSR count). The highest BCUT2D eigenvalue weighted by atomic mass is 35.5. The number of carbonyl (C=O) groups is 2. The van der Waals surface area contributed by atoms with Gasteiger partial charge in [0.15, 0.2) is 0 Å². The van der Waals surface area contributed by atoms with Crippen LogP contribution < -0.4 is 16.8 Å². The lowest BCUT2D eigenvalue weighted by molar-refractivity contribution is -0.138. The predicted octanol–water partition coefficient (Wildman–Crippen LogP) is 0.0524. The third-order valence-electron chi connectivity index (χ3n) is 3.20. The molecule has 0 aliphatic carbocycles. The number of amides is 3. The molecule has 18 heavy (non-hydrogen) atoms. The van der Waals surface area contributed by atoms with Crippen LogP contribution in [0.4, 0.5) is 4.79 Å². The summed E-state index contributed by atoms with van der Waals surface area (Å²) in [6, 6.07) is -0.493. The Balaban J connectivity index is 0.00000289. The molecule has 1 fully saturated rings. The molecule has 106 valence electrons. The van der Waals surface area contributed by atoms with Crippen LogP contribution in [0.15, 0.2) is 0 Å². The lowest BCUT2D eigenvalue weighted by atomic mass is 9.99. The molecular weight excluding hydrogens is 256 g/mol. The van der Waals surface area contributed by atoms with Gasteiger partial charge in [-0.2, -0.15) is 0 Å². The number of urea groups is 1. The highest BCUT2D eigenvalue weighted by Gasteiger charge is 2.28. The fraction of sp³-hybridized carbons (Fsp3) is 0.818. The van der Waals surface area contributed by atoms with Crippen LogP contribution in [0.1, 0.15) is 26.2 Å². The topological polar surface area (TPSA) is 101 Å². The quantitative estimate of drug-likeness (QED) is 0.677. The molecular formula is C11H23ClN4O2. The van der Waals surface area contributed by atoms with Crippen LogP contribution in [0.5, 0.6) is 0 Å². The van der Waals surface area contributed by atoms with Crippen LogP contribution >= 0.6 is 12.4 Å². The van der Waals surface area contributed by atoms with E-state index in [1.807, 2.05) is 11.8 Å². The van der Waals surface area contributed by atoms with Crippen molar-refractivity contribution in [3.05, 3.63) is 0 Å². The largest absolute Gasteiger partial charge is 0.352 e. The Morgan fingerprint density at radius 1 is 1.44 bits per heavy atom. The van der Waals surface area contributed by atoms with Gasteiger partial charge in [0.25, 0.3) is 0 Å².